The lowest BCUT2D eigenvalue weighted by molar-refractivity contribution is 0.0237. The van der Waals surface area contributed by atoms with Crippen molar-refractivity contribution in [3.8, 4) is 11.5 Å². The van der Waals surface area contributed by atoms with E-state index in [2.05, 4.69) is 16.3 Å². The maximum Gasteiger partial charge on any atom is 0.291 e. The summed E-state index contributed by atoms with van der Waals surface area (Å²) in [6.07, 6.45) is 1.49. The van der Waals surface area contributed by atoms with Crippen LogP contribution in [0.25, 0.3) is 0 Å². The molecule has 4 rings (SSSR count). The normalized spacial score (nSPS) is 15.5. The van der Waals surface area contributed by atoms with Crippen molar-refractivity contribution >= 4 is 22.2 Å². The predicted molar refractivity (Wildman–Crippen MR) is 119 cm³/mol. The summed E-state index contributed by atoms with van der Waals surface area (Å²) in [5.74, 6) is 1.52. The summed E-state index contributed by atoms with van der Waals surface area (Å²) in [7, 11) is 3.32. The van der Waals surface area contributed by atoms with Gasteiger partial charge >= 0.3 is 0 Å². The molecule has 1 N–H and O–H groups in total. The summed E-state index contributed by atoms with van der Waals surface area (Å²) in [4.78, 5) is 16.2. The molecule has 1 atom stereocenters. The highest BCUT2D eigenvalue weighted by atomic mass is 32.1. The van der Waals surface area contributed by atoms with Gasteiger partial charge in [-0.25, -0.2) is 0 Å². The number of nitrogens with one attached hydrogen (secondary N) is 1. The fourth-order valence-corrected chi connectivity index (χ4v) is 4.80. The molecule has 1 unspecified atom stereocenters. The van der Waals surface area contributed by atoms with Crippen molar-refractivity contribution in [1.82, 2.24) is 4.90 Å². The van der Waals surface area contributed by atoms with Crippen LogP contribution in [0.3, 0.4) is 0 Å². The molecule has 1 saturated heterocycles. The van der Waals surface area contributed by atoms with E-state index < -0.39 is 0 Å². The SMILES string of the molecule is COc1ccc(OC)c(C(c2cc(C)sc2NC(=O)c2ccco2)N2CCOCC2)c1. The molecule has 31 heavy (non-hydrogen) atoms. The van der Waals surface area contributed by atoms with Crippen LogP contribution < -0.4 is 14.8 Å². The first-order valence-electron chi connectivity index (χ1n) is 10.1. The van der Waals surface area contributed by atoms with Gasteiger partial charge in [0.05, 0.1) is 39.7 Å². The number of furan rings is 1. The Kier molecular flexibility index (Phi) is 6.60. The first-order valence-corrected chi connectivity index (χ1v) is 10.9. The zero-order valence-electron chi connectivity index (χ0n) is 17.8. The lowest BCUT2D eigenvalue weighted by Crippen LogP contribution is -2.39. The summed E-state index contributed by atoms with van der Waals surface area (Å²) in [6.45, 7) is 4.88. The van der Waals surface area contributed by atoms with Crippen LogP contribution in [0.2, 0.25) is 0 Å². The van der Waals surface area contributed by atoms with Gasteiger partial charge in [0.1, 0.15) is 16.5 Å². The largest absolute Gasteiger partial charge is 0.497 e. The number of aryl methyl sites for hydroxylation is 1. The Labute approximate surface area is 185 Å². The van der Waals surface area contributed by atoms with Crippen molar-refractivity contribution in [3.05, 3.63) is 64.4 Å². The summed E-state index contributed by atoms with van der Waals surface area (Å²) in [5.41, 5.74) is 1.99. The smallest absolute Gasteiger partial charge is 0.291 e. The number of carbonyl (C=O) groups is 1. The van der Waals surface area contributed by atoms with E-state index >= 15 is 0 Å². The Morgan fingerprint density at radius 2 is 1.94 bits per heavy atom. The van der Waals surface area contributed by atoms with Crippen LogP contribution in [-0.2, 0) is 4.74 Å². The molecule has 1 aromatic carbocycles. The van der Waals surface area contributed by atoms with Gasteiger partial charge in [0.15, 0.2) is 5.76 Å². The highest BCUT2D eigenvalue weighted by molar-refractivity contribution is 7.16. The predicted octanol–water partition coefficient (Wildman–Crippen LogP) is 4.34. The first-order chi connectivity index (χ1) is 15.1. The minimum atomic E-state index is -0.272. The molecule has 0 saturated carbocycles. The standard InChI is InChI=1S/C23H26N2O5S/c1-15-13-18(23(31-15)24-22(26)20-5-4-10-30-20)21(25-8-11-29-12-9-25)17-14-16(27-2)6-7-19(17)28-3/h4-7,10,13-14,21H,8-9,11-12H2,1-3H3,(H,24,26). The summed E-state index contributed by atoms with van der Waals surface area (Å²) >= 11 is 1.55. The molecule has 2 aromatic heterocycles. The van der Waals surface area contributed by atoms with E-state index in [0.717, 1.165) is 45.6 Å². The third-order valence-corrected chi connectivity index (χ3v) is 6.27. The van der Waals surface area contributed by atoms with Crippen LogP contribution in [0, 0.1) is 6.92 Å². The first kappa shape index (κ1) is 21.4. The number of carbonyl (C=O) groups excluding carboxylic acids is 1. The lowest BCUT2D eigenvalue weighted by atomic mass is 9.96. The quantitative estimate of drug-likeness (QED) is 0.587. The molecule has 7 nitrogen and oxygen atoms in total. The lowest BCUT2D eigenvalue weighted by Gasteiger charge is -2.35. The van der Waals surface area contributed by atoms with Crippen LogP contribution in [-0.4, -0.2) is 51.3 Å². The maximum atomic E-state index is 12.7. The molecule has 3 aromatic rings. The van der Waals surface area contributed by atoms with Gasteiger partial charge in [0.2, 0.25) is 0 Å². The Hall–Kier alpha value is -2.81. The van der Waals surface area contributed by atoms with Gasteiger partial charge < -0.3 is 23.9 Å². The van der Waals surface area contributed by atoms with Gasteiger partial charge in [-0.1, -0.05) is 0 Å². The number of benzene rings is 1. The maximum absolute atomic E-state index is 12.7. The van der Waals surface area contributed by atoms with Gasteiger partial charge in [-0.2, -0.15) is 0 Å². The van der Waals surface area contributed by atoms with Crippen molar-refractivity contribution in [2.24, 2.45) is 0 Å². The molecular formula is C23H26N2O5S. The third-order valence-electron chi connectivity index (χ3n) is 5.29. The van der Waals surface area contributed by atoms with Crippen LogP contribution >= 0.6 is 11.3 Å². The second kappa shape index (κ2) is 9.55. The molecule has 1 aliphatic rings. The van der Waals surface area contributed by atoms with Crippen molar-refractivity contribution in [3.63, 3.8) is 0 Å². The fraction of sp³-hybridized carbons (Fsp3) is 0.348. The van der Waals surface area contributed by atoms with Gasteiger partial charge in [-0.05, 0) is 43.3 Å². The summed E-state index contributed by atoms with van der Waals surface area (Å²) in [6, 6.07) is 11.2. The number of nitrogens with zero attached hydrogens (tertiary/aromatic N) is 1. The molecule has 0 bridgehead atoms. The van der Waals surface area contributed by atoms with E-state index in [-0.39, 0.29) is 17.7 Å². The minimum Gasteiger partial charge on any atom is -0.497 e. The van der Waals surface area contributed by atoms with E-state index in [4.69, 9.17) is 18.6 Å². The molecule has 8 heteroatoms. The number of hydrogen-bond donors (Lipinski definition) is 1. The van der Waals surface area contributed by atoms with Crippen molar-refractivity contribution < 1.29 is 23.4 Å². The van der Waals surface area contributed by atoms with Crippen LogP contribution in [0.5, 0.6) is 11.5 Å². The summed E-state index contributed by atoms with van der Waals surface area (Å²) in [5, 5.41) is 3.84. The number of anilines is 1. The second-order valence-corrected chi connectivity index (χ2v) is 8.49. The Morgan fingerprint density at radius 1 is 1.13 bits per heavy atom. The number of thiophene rings is 1. The molecule has 0 radical (unpaired) electrons. The highest BCUT2D eigenvalue weighted by Gasteiger charge is 2.31. The molecule has 1 fully saturated rings. The van der Waals surface area contributed by atoms with Crippen LogP contribution in [0.15, 0.2) is 47.1 Å². The van der Waals surface area contributed by atoms with Gasteiger partial charge in [0, 0.05) is 29.1 Å². The molecule has 3 heterocycles. The molecule has 0 spiro atoms. The number of morpholine rings is 1. The van der Waals surface area contributed by atoms with Crippen LogP contribution in [0.1, 0.15) is 32.6 Å². The monoisotopic (exact) mass is 442 g/mol. The van der Waals surface area contributed by atoms with E-state index in [1.54, 1.807) is 37.7 Å². The molecule has 0 aliphatic carbocycles. The zero-order valence-corrected chi connectivity index (χ0v) is 18.7. The third kappa shape index (κ3) is 4.61. The number of hydrogen-bond acceptors (Lipinski definition) is 7. The Balaban J connectivity index is 1.79. The van der Waals surface area contributed by atoms with E-state index in [9.17, 15) is 4.79 Å². The molecule has 1 aliphatic heterocycles. The average molecular weight is 443 g/mol. The molecular weight excluding hydrogens is 416 g/mol. The number of methoxy groups -OCH3 is 2. The molecule has 1 amide bonds. The number of rotatable bonds is 7. The second-order valence-electron chi connectivity index (χ2n) is 7.23. The highest BCUT2D eigenvalue weighted by Crippen LogP contribution is 2.43. The Morgan fingerprint density at radius 3 is 2.61 bits per heavy atom. The van der Waals surface area contributed by atoms with Crippen LogP contribution in [0.4, 0.5) is 5.00 Å². The van der Waals surface area contributed by atoms with Gasteiger partial charge in [-0.3, -0.25) is 9.69 Å². The summed E-state index contributed by atoms with van der Waals surface area (Å²) < 4.78 is 22.1. The van der Waals surface area contributed by atoms with E-state index in [1.807, 2.05) is 25.1 Å². The fourth-order valence-electron chi connectivity index (χ4n) is 3.86. The minimum absolute atomic E-state index is 0.134. The molecule has 164 valence electrons. The van der Waals surface area contributed by atoms with Gasteiger partial charge in [0.25, 0.3) is 5.91 Å². The van der Waals surface area contributed by atoms with Crippen molar-refractivity contribution in [2.75, 3.05) is 45.8 Å². The number of amides is 1. The van der Waals surface area contributed by atoms with Crippen molar-refractivity contribution in [1.29, 1.82) is 0 Å². The Bertz CT molecular complexity index is 1020. The topological polar surface area (TPSA) is 73.2 Å². The average Bonchev–Trinajstić information content (AvgIpc) is 3.45. The van der Waals surface area contributed by atoms with E-state index in [1.165, 1.54) is 6.26 Å². The van der Waals surface area contributed by atoms with Gasteiger partial charge in [-0.15, -0.1) is 11.3 Å². The zero-order chi connectivity index (χ0) is 21.8. The van der Waals surface area contributed by atoms with Crippen molar-refractivity contribution in [2.45, 2.75) is 13.0 Å². The van der Waals surface area contributed by atoms with E-state index in [0.29, 0.717) is 13.2 Å². The number of ether oxygens (including phenoxy) is 3.